The van der Waals surface area contributed by atoms with Crippen molar-refractivity contribution in [2.24, 2.45) is 5.92 Å². The highest BCUT2D eigenvalue weighted by atomic mass is 19.3. The van der Waals surface area contributed by atoms with Gasteiger partial charge in [0.05, 0.1) is 5.39 Å². The molecular weight excluding hydrogens is 618 g/mol. The van der Waals surface area contributed by atoms with Crippen LogP contribution in [0.4, 0.5) is 14.6 Å². The third-order valence-electron chi connectivity index (χ3n) is 11.7. The Morgan fingerprint density at radius 3 is 2.24 bits per heavy atom. The molecular formula is C40H58F2N6O. The van der Waals surface area contributed by atoms with Gasteiger partial charge in [-0.2, -0.15) is 0 Å². The second-order valence-corrected chi connectivity index (χ2v) is 15.4. The van der Waals surface area contributed by atoms with E-state index in [1.165, 1.54) is 38.4 Å². The Morgan fingerprint density at radius 2 is 1.53 bits per heavy atom. The second-order valence-electron chi connectivity index (χ2n) is 15.4. The SMILES string of the molecule is CC(C)N1CCC(c2cc3c4ncnc3n(c2=O)CCCCCCCCCN2CCC(CC2)CCC(F)(F)c2cccc(c2)[C@@H](C)N4)CC1. The van der Waals surface area contributed by atoms with Gasteiger partial charge in [-0.15, -0.1) is 0 Å². The van der Waals surface area contributed by atoms with Gasteiger partial charge in [0.15, 0.2) is 0 Å². The van der Waals surface area contributed by atoms with E-state index in [4.69, 9.17) is 0 Å². The third kappa shape index (κ3) is 8.88. The van der Waals surface area contributed by atoms with E-state index < -0.39 is 5.92 Å². The van der Waals surface area contributed by atoms with Crippen molar-refractivity contribution < 1.29 is 8.78 Å². The van der Waals surface area contributed by atoms with E-state index in [1.807, 2.05) is 23.6 Å². The molecule has 6 heterocycles. The molecule has 1 atom stereocenters. The fourth-order valence-electron chi connectivity index (χ4n) is 8.39. The molecule has 7 rings (SSSR count). The van der Waals surface area contributed by atoms with Crippen LogP contribution >= 0.6 is 0 Å². The molecule has 0 radical (unpaired) electrons. The highest BCUT2D eigenvalue weighted by Crippen LogP contribution is 2.38. The fourth-order valence-corrected chi connectivity index (χ4v) is 8.39. The minimum atomic E-state index is -2.88. The standard InChI is InChI=1S/C40H58F2N6O/c1-29(2)47-24-17-32(18-25-47)35-27-36-37-43-28-44-38(36)48(39(35)49)21-10-8-6-4-5-7-9-20-46-22-15-31(16-23-46)14-19-40(41,42)34-13-11-12-33(26-34)30(3)45-37/h11-13,26-32H,4-10,14-25H2,1-3H3,(H,43,44,45)/t30-/m1/s1. The van der Waals surface area contributed by atoms with Gasteiger partial charge in [-0.3, -0.25) is 9.36 Å². The first-order chi connectivity index (χ1) is 23.7. The topological polar surface area (TPSA) is 66.3 Å². The van der Waals surface area contributed by atoms with Gasteiger partial charge in [-0.25, -0.2) is 18.7 Å². The van der Waals surface area contributed by atoms with Gasteiger partial charge in [-0.1, -0.05) is 50.3 Å². The number of aryl methyl sites for hydroxylation is 1. The summed E-state index contributed by atoms with van der Waals surface area (Å²) < 4.78 is 33.2. The summed E-state index contributed by atoms with van der Waals surface area (Å²) in [5, 5.41) is 4.37. The Bertz CT molecular complexity index is 1570. The molecule has 0 amide bonds. The molecule has 1 N–H and O–H groups in total. The number of benzene rings is 1. The molecule has 2 fully saturated rings. The number of alkyl halides is 2. The first-order valence-corrected chi connectivity index (χ1v) is 19.3. The molecule has 268 valence electrons. The van der Waals surface area contributed by atoms with Crippen LogP contribution in [-0.2, 0) is 12.5 Å². The van der Waals surface area contributed by atoms with E-state index in [0.29, 0.717) is 36.4 Å². The zero-order chi connectivity index (χ0) is 34.4. The summed E-state index contributed by atoms with van der Waals surface area (Å²) in [5.41, 5.74) is 2.44. The Hall–Kier alpha value is -2.91. The van der Waals surface area contributed by atoms with Crippen LogP contribution in [0.5, 0.6) is 0 Å². The van der Waals surface area contributed by atoms with Crippen LogP contribution < -0.4 is 10.9 Å². The smallest absolute Gasteiger partial charge is 0.273 e. The lowest BCUT2D eigenvalue weighted by Gasteiger charge is -2.34. The van der Waals surface area contributed by atoms with Crippen LogP contribution in [0, 0.1) is 5.92 Å². The number of rotatable bonds is 2. The number of nitrogens with zero attached hydrogens (tertiary/aromatic N) is 5. The number of hydrogen-bond acceptors (Lipinski definition) is 6. The first-order valence-electron chi connectivity index (χ1n) is 19.3. The van der Waals surface area contributed by atoms with Crippen LogP contribution in [0.3, 0.4) is 0 Å². The number of anilines is 1. The van der Waals surface area contributed by atoms with E-state index in [0.717, 1.165) is 87.8 Å². The summed E-state index contributed by atoms with van der Waals surface area (Å²) >= 11 is 0. The van der Waals surface area contributed by atoms with E-state index in [-0.39, 0.29) is 29.5 Å². The van der Waals surface area contributed by atoms with Crippen molar-refractivity contribution in [1.29, 1.82) is 0 Å². The third-order valence-corrected chi connectivity index (χ3v) is 11.7. The summed E-state index contributed by atoms with van der Waals surface area (Å²) in [7, 11) is 0. The van der Waals surface area contributed by atoms with Gasteiger partial charge in [-0.05, 0) is 128 Å². The van der Waals surface area contributed by atoms with Gasteiger partial charge in [0.25, 0.3) is 11.5 Å². The molecule has 7 nitrogen and oxygen atoms in total. The van der Waals surface area contributed by atoms with Crippen molar-refractivity contribution in [3.63, 3.8) is 0 Å². The largest absolute Gasteiger partial charge is 0.363 e. The van der Waals surface area contributed by atoms with Gasteiger partial charge in [0, 0.05) is 36.2 Å². The molecule has 0 unspecified atom stereocenters. The Kier molecular flexibility index (Phi) is 12.0. The number of piperidine rings is 2. The molecule has 0 spiro atoms. The summed E-state index contributed by atoms with van der Waals surface area (Å²) in [6.07, 6.45) is 14.0. The zero-order valence-corrected chi connectivity index (χ0v) is 30.1. The van der Waals surface area contributed by atoms with Crippen LogP contribution in [0.1, 0.15) is 133 Å². The van der Waals surface area contributed by atoms with E-state index >= 15 is 8.78 Å². The lowest BCUT2D eigenvalue weighted by atomic mass is 9.89. The van der Waals surface area contributed by atoms with Crippen LogP contribution in [-0.4, -0.2) is 63.1 Å². The van der Waals surface area contributed by atoms with Crippen LogP contribution in [0.25, 0.3) is 11.0 Å². The fraction of sp³-hybridized carbons (Fsp3) is 0.675. The van der Waals surface area contributed by atoms with Crippen molar-refractivity contribution in [1.82, 2.24) is 24.3 Å². The molecule has 4 aliphatic rings. The first kappa shape index (κ1) is 35.9. The average molecular weight is 677 g/mol. The van der Waals surface area contributed by atoms with Crippen molar-refractivity contribution >= 4 is 16.9 Å². The predicted molar refractivity (Wildman–Crippen MR) is 196 cm³/mol. The summed E-state index contributed by atoms with van der Waals surface area (Å²) in [6.45, 7) is 12.2. The summed E-state index contributed by atoms with van der Waals surface area (Å²) in [4.78, 5) is 28.5. The maximum atomic E-state index is 15.7. The number of halogens is 2. The number of likely N-dealkylation sites (tertiary alicyclic amines) is 1. The molecule has 3 aromatic rings. The van der Waals surface area contributed by atoms with Gasteiger partial charge >= 0.3 is 0 Å². The molecule has 2 saturated heterocycles. The van der Waals surface area contributed by atoms with Crippen LogP contribution in [0.2, 0.25) is 0 Å². The van der Waals surface area contributed by atoms with Crippen LogP contribution in [0.15, 0.2) is 41.5 Å². The zero-order valence-electron chi connectivity index (χ0n) is 30.1. The maximum absolute atomic E-state index is 15.7. The molecule has 8 bridgehead atoms. The minimum Gasteiger partial charge on any atom is -0.363 e. The Morgan fingerprint density at radius 1 is 0.837 bits per heavy atom. The second kappa shape index (κ2) is 16.4. The Balaban J connectivity index is 1.30. The molecule has 49 heavy (non-hydrogen) atoms. The van der Waals surface area contributed by atoms with Gasteiger partial charge < -0.3 is 15.1 Å². The monoisotopic (exact) mass is 676 g/mol. The normalized spacial score (nSPS) is 25.6. The van der Waals surface area contributed by atoms with Crippen molar-refractivity contribution in [2.45, 2.75) is 135 Å². The molecule has 9 heteroatoms. The van der Waals surface area contributed by atoms with E-state index in [9.17, 15) is 4.79 Å². The molecule has 0 aliphatic carbocycles. The quantitative estimate of drug-likeness (QED) is 0.293. The molecule has 0 saturated carbocycles. The minimum absolute atomic E-state index is 0.0737. The van der Waals surface area contributed by atoms with E-state index in [2.05, 4.69) is 38.9 Å². The van der Waals surface area contributed by atoms with Crippen molar-refractivity contribution in [3.05, 3.63) is 63.7 Å². The Labute approximate surface area is 291 Å². The highest BCUT2D eigenvalue weighted by Gasteiger charge is 2.33. The molecule has 2 aromatic heterocycles. The van der Waals surface area contributed by atoms with Crippen molar-refractivity contribution in [3.8, 4) is 0 Å². The summed E-state index contributed by atoms with van der Waals surface area (Å²) in [6, 6.07) is 9.14. The maximum Gasteiger partial charge on any atom is 0.273 e. The highest BCUT2D eigenvalue weighted by molar-refractivity contribution is 5.87. The lowest BCUT2D eigenvalue weighted by Crippen LogP contribution is -2.39. The van der Waals surface area contributed by atoms with Gasteiger partial charge in [0.1, 0.15) is 17.8 Å². The number of aromatic nitrogens is 3. The summed E-state index contributed by atoms with van der Waals surface area (Å²) in [5.74, 6) is -1.68. The number of nitrogens with one attached hydrogen (secondary N) is 1. The molecule has 1 aromatic carbocycles. The lowest BCUT2D eigenvalue weighted by molar-refractivity contribution is -0.0217. The molecule has 4 aliphatic heterocycles. The van der Waals surface area contributed by atoms with Crippen molar-refractivity contribution in [2.75, 3.05) is 38.0 Å². The van der Waals surface area contributed by atoms with E-state index in [1.54, 1.807) is 18.2 Å². The number of pyridine rings is 1. The average Bonchev–Trinajstić information content (AvgIpc) is 3.11. The van der Waals surface area contributed by atoms with Gasteiger partial charge in [0.2, 0.25) is 0 Å². The number of hydrogen-bond donors (Lipinski definition) is 1. The number of fused-ring (bicyclic) bond motifs is 13. The predicted octanol–water partition coefficient (Wildman–Crippen LogP) is 8.88.